The molecule has 0 atom stereocenters. The fourth-order valence-corrected chi connectivity index (χ4v) is 2.67. The summed E-state index contributed by atoms with van der Waals surface area (Å²) in [6.07, 6.45) is 0. The van der Waals surface area contributed by atoms with Gasteiger partial charge in [-0.3, -0.25) is 4.79 Å². The van der Waals surface area contributed by atoms with Gasteiger partial charge in [0, 0.05) is 9.86 Å². The largest absolute Gasteiger partial charge is 0.320 e. The van der Waals surface area contributed by atoms with Gasteiger partial charge in [-0.15, -0.1) is 0 Å². The monoisotopic (exact) mass is 360 g/mol. The number of benzene rings is 2. The summed E-state index contributed by atoms with van der Waals surface area (Å²) in [5.41, 5.74) is 0.975. The molecule has 0 aliphatic heterocycles. The minimum atomic E-state index is -0.297. The summed E-state index contributed by atoms with van der Waals surface area (Å²) in [7, 11) is 0. The van der Waals surface area contributed by atoms with Gasteiger partial charge in [-0.2, -0.15) is 0 Å². The predicted molar refractivity (Wildman–Crippen MR) is 88.8 cm³/mol. The van der Waals surface area contributed by atoms with Crippen LogP contribution in [0.15, 0.2) is 59.1 Å². The van der Waals surface area contributed by atoms with Gasteiger partial charge in [-0.25, -0.2) is 4.98 Å². The van der Waals surface area contributed by atoms with Crippen molar-refractivity contribution >= 4 is 49.9 Å². The normalized spacial score (nSPS) is 10.6. The summed E-state index contributed by atoms with van der Waals surface area (Å²) in [4.78, 5) is 16.5. The van der Waals surface area contributed by atoms with E-state index in [1.165, 1.54) is 0 Å². The predicted octanol–water partition coefficient (Wildman–Crippen LogP) is 4.90. The second-order valence-electron chi connectivity index (χ2n) is 4.45. The Balaban J connectivity index is 1.97. The van der Waals surface area contributed by atoms with Crippen molar-refractivity contribution in [1.29, 1.82) is 0 Å². The van der Waals surface area contributed by atoms with Crippen LogP contribution in [0.1, 0.15) is 10.5 Å². The summed E-state index contributed by atoms with van der Waals surface area (Å²) >= 11 is 9.53. The number of nitrogens with zero attached hydrogens (tertiary/aromatic N) is 1. The standard InChI is InChI=1S/C16H10BrClN2O/c17-12-7-3-4-8-13(12)20-16(21)14-9-10-5-1-2-6-11(10)15(18)19-14/h1-9H,(H,20,21). The first kappa shape index (κ1) is 14.0. The SMILES string of the molecule is O=C(Nc1ccccc1Br)c1cc2ccccc2c(Cl)n1. The number of anilines is 1. The molecule has 3 aromatic rings. The van der Waals surface area contributed by atoms with Crippen molar-refractivity contribution < 1.29 is 4.79 Å². The quantitative estimate of drug-likeness (QED) is 0.659. The maximum absolute atomic E-state index is 12.3. The topological polar surface area (TPSA) is 42.0 Å². The average molecular weight is 362 g/mol. The molecule has 104 valence electrons. The molecule has 3 rings (SSSR count). The Morgan fingerprint density at radius 3 is 2.62 bits per heavy atom. The average Bonchev–Trinajstić information content (AvgIpc) is 2.49. The molecule has 0 fully saturated rings. The number of fused-ring (bicyclic) bond motifs is 1. The van der Waals surface area contributed by atoms with E-state index >= 15 is 0 Å². The summed E-state index contributed by atoms with van der Waals surface area (Å²) in [5, 5.41) is 4.85. The van der Waals surface area contributed by atoms with Gasteiger partial charge < -0.3 is 5.32 Å². The van der Waals surface area contributed by atoms with Crippen LogP contribution in [0, 0.1) is 0 Å². The lowest BCUT2D eigenvalue weighted by Crippen LogP contribution is -2.14. The molecule has 0 aliphatic rings. The molecule has 3 nitrogen and oxygen atoms in total. The zero-order valence-corrected chi connectivity index (χ0v) is 13.1. The lowest BCUT2D eigenvalue weighted by molar-refractivity contribution is 0.102. The zero-order chi connectivity index (χ0) is 14.8. The van der Waals surface area contributed by atoms with Crippen LogP contribution in [-0.4, -0.2) is 10.9 Å². The molecular formula is C16H10BrClN2O. The number of amides is 1. The van der Waals surface area contributed by atoms with Gasteiger partial charge in [0.1, 0.15) is 10.8 Å². The van der Waals surface area contributed by atoms with E-state index in [0.29, 0.717) is 10.8 Å². The Bertz CT molecular complexity index is 835. The zero-order valence-electron chi connectivity index (χ0n) is 10.8. The van der Waals surface area contributed by atoms with Gasteiger partial charge in [-0.05, 0) is 39.5 Å². The van der Waals surface area contributed by atoms with E-state index in [1.54, 1.807) is 6.07 Å². The lowest BCUT2D eigenvalue weighted by atomic mass is 10.1. The Hall–Kier alpha value is -1.91. The molecule has 0 aliphatic carbocycles. The van der Waals surface area contributed by atoms with Gasteiger partial charge in [0.05, 0.1) is 5.69 Å². The summed E-state index contributed by atoms with van der Waals surface area (Å²) in [5.74, 6) is -0.297. The number of hydrogen-bond donors (Lipinski definition) is 1. The van der Waals surface area contributed by atoms with Crippen LogP contribution in [-0.2, 0) is 0 Å². The maximum Gasteiger partial charge on any atom is 0.274 e. The molecular weight excluding hydrogens is 352 g/mol. The number of aromatic nitrogens is 1. The second kappa shape index (κ2) is 5.84. The lowest BCUT2D eigenvalue weighted by Gasteiger charge is -2.08. The first-order chi connectivity index (χ1) is 10.1. The third-order valence-corrected chi connectivity index (χ3v) is 4.03. The van der Waals surface area contributed by atoms with E-state index in [2.05, 4.69) is 26.2 Å². The van der Waals surface area contributed by atoms with Gasteiger partial charge in [0.15, 0.2) is 0 Å². The van der Waals surface area contributed by atoms with Crippen LogP contribution in [0.4, 0.5) is 5.69 Å². The van der Waals surface area contributed by atoms with E-state index in [0.717, 1.165) is 15.2 Å². The minimum absolute atomic E-state index is 0.287. The molecule has 0 bridgehead atoms. The smallest absolute Gasteiger partial charge is 0.274 e. The number of rotatable bonds is 2. The van der Waals surface area contributed by atoms with Crippen LogP contribution >= 0.6 is 27.5 Å². The molecule has 2 aromatic carbocycles. The molecule has 1 amide bonds. The number of carbonyl (C=O) groups excluding carboxylic acids is 1. The van der Waals surface area contributed by atoms with Crippen molar-refractivity contribution in [3.63, 3.8) is 0 Å². The molecule has 1 N–H and O–H groups in total. The Labute approximate surface area is 135 Å². The number of hydrogen-bond acceptors (Lipinski definition) is 2. The van der Waals surface area contributed by atoms with Crippen molar-refractivity contribution in [1.82, 2.24) is 4.98 Å². The highest BCUT2D eigenvalue weighted by molar-refractivity contribution is 9.10. The van der Waals surface area contributed by atoms with Crippen molar-refractivity contribution in [3.05, 3.63) is 69.9 Å². The fraction of sp³-hybridized carbons (Fsp3) is 0. The minimum Gasteiger partial charge on any atom is -0.320 e. The Morgan fingerprint density at radius 2 is 1.81 bits per heavy atom. The summed E-state index contributed by atoms with van der Waals surface area (Å²) in [6.45, 7) is 0. The van der Waals surface area contributed by atoms with E-state index in [9.17, 15) is 4.79 Å². The van der Waals surface area contributed by atoms with Gasteiger partial charge in [0.2, 0.25) is 0 Å². The van der Waals surface area contributed by atoms with Crippen molar-refractivity contribution in [2.75, 3.05) is 5.32 Å². The molecule has 0 spiro atoms. The highest BCUT2D eigenvalue weighted by atomic mass is 79.9. The van der Waals surface area contributed by atoms with Crippen LogP contribution in [0.2, 0.25) is 5.15 Å². The Morgan fingerprint density at radius 1 is 1.10 bits per heavy atom. The van der Waals surface area contributed by atoms with Crippen molar-refractivity contribution in [2.45, 2.75) is 0 Å². The van der Waals surface area contributed by atoms with Crippen LogP contribution in [0.5, 0.6) is 0 Å². The molecule has 1 aromatic heterocycles. The molecule has 1 heterocycles. The van der Waals surface area contributed by atoms with Gasteiger partial charge >= 0.3 is 0 Å². The summed E-state index contributed by atoms with van der Waals surface area (Å²) < 4.78 is 0.810. The third-order valence-electron chi connectivity index (χ3n) is 3.05. The van der Waals surface area contributed by atoms with Crippen LogP contribution in [0.3, 0.4) is 0 Å². The van der Waals surface area contributed by atoms with E-state index in [-0.39, 0.29) is 11.6 Å². The second-order valence-corrected chi connectivity index (χ2v) is 5.67. The fourth-order valence-electron chi connectivity index (χ4n) is 2.02. The number of carbonyl (C=O) groups is 1. The van der Waals surface area contributed by atoms with Gasteiger partial charge in [-0.1, -0.05) is 48.0 Å². The Kier molecular flexibility index (Phi) is 3.90. The molecule has 0 unspecified atom stereocenters. The highest BCUT2D eigenvalue weighted by Crippen LogP contribution is 2.24. The van der Waals surface area contributed by atoms with Crippen molar-refractivity contribution in [3.8, 4) is 0 Å². The summed E-state index contributed by atoms with van der Waals surface area (Å²) in [6, 6.07) is 16.7. The van der Waals surface area contributed by atoms with Crippen LogP contribution < -0.4 is 5.32 Å². The van der Waals surface area contributed by atoms with Crippen molar-refractivity contribution in [2.24, 2.45) is 0 Å². The number of para-hydroxylation sites is 1. The first-order valence-electron chi connectivity index (χ1n) is 6.26. The van der Waals surface area contributed by atoms with E-state index in [4.69, 9.17) is 11.6 Å². The van der Waals surface area contributed by atoms with E-state index in [1.807, 2.05) is 48.5 Å². The third kappa shape index (κ3) is 2.91. The molecule has 5 heteroatoms. The maximum atomic E-state index is 12.3. The molecule has 21 heavy (non-hydrogen) atoms. The first-order valence-corrected chi connectivity index (χ1v) is 7.43. The number of pyridine rings is 1. The molecule has 0 saturated carbocycles. The number of halogens is 2. The van der Waals surface area contributed by atoms with Gasteiger partial charge in [0.25, 0.3) is 5.91 Å². The molecule has 0 radical (unpaired) electrons. The molecule has 0 saturated heterocycles. The number of nitrogens with one attached hydrogen (secondary N) is 1. The van der Waals surface area contributed by atoms with Crippen LogP contribution in [0.25, 0.3) is 10.8 Å². The highest BCUT2D eigenvalue weighted by Gasteiger charge is 2.12. The van der Waals surface area contributed by atoms with E-state index < -0.39 is 0 Å².